The number of hydrogen-bond acceptors (Lipinski definition) is 4. The standard InChI is InChI=1S/C22H23N3O2S/c1-27-14-8-13-24-20(26)16-28-22(24)19-15-25(18-11-6-3-7-12-18)23-21(19)17-9-4-2-5-10-17/h2-7,9-12,15,22H,8,13-14,16H2,1H3/t22-/m1/s1. The Morgan fingerprint density at radius 2 is 1.82 bits per heavy atom. The maximum atomic E-state index is 12.5. The van der Waals surface area contributed by atoms with Crippen molar-refractivity contribution in [3.05, 3.63) is 72.4 Å². The van der Waals surface area contributed by atoms with E-state index in [2.05, 4.69) is 18.3 Å². The normalized spacial score (nSPS) is 16.7. The minimum Gasteiger partial charge on any atom is -0.385 e. The molecule has 0 N–H and O–H groups in total. The van der Waals surface area contributed by atoms with Crippen LogP contribution in [0.5, 0.6) is 0 Å². The van der Waals surface area contributed by atoms with E-state index < -0.39 is 0 Å². The third kappa shape index (κ3) is 3.84. The predicted octanol–water partition coefficient (Wildman–Crippen LogP) is 4.15. The molecule has 1 aliphatic heterocycles. The highest BCUT2D eigenvalue weighted by Crippen LogP contribution is 2.42. The fourth-order valence-corrected chi connectivity index (χ4v) is 4.66. The van der Waals surface area contributed by atoms with E-state index in [1.807, 2.05) is 58.1 Å². The van der Waals surface area contributed by atoms with Crippen molar-refractivity contribution in [2.45, 2.75) is 11.8 Å². The summed E-state index contributed by atoms with van der Waals surface area (Å²) in [6, 6.07) is 20.2. The zero-order valence-electron chi connectivity index (χ0n) is 15.8. The molecule has 2 heterocycles. The van der Waals surface area contributed by atoms with E-state index in [4.69, 9.17) is 9.84 Å². The number of amides is 1. The second-order valence-electron chi connectivity index (χ2n) is 6.68. The Labute approximate surface area is 169 Å². The van der Waals surface area contributed by atoms with Gasteiger partial charge in [-0.25, -0.2) is 4.68 Å². The number of carbonyl (C=O) groups is 1. The van der Waals surface area contributed by atoms with Crippen LogP contribution >= 0.6 is 11.8 Å². The van der Waals surface area contributed by atoms with Gasteiger partial charge in [0.25, 0.3) is 0 Å². The first-order valence-corrected chi connectivity index (χ1v) is 10.4. The molecule has 28 heavy (non-hydrogen) atoms. The summed E-state index contributed by atoms with van der Waals surface area (Å²) in [6.07, 6.45) is 2.89. The number of nitrogens with zero attached hydrogens (tertiary/aromatic N) is 3. The fourth-order valence-electron chi connectivity index (χ4n) is 3.43. The van der Waals surface area contributed by atoms with Gasteiger partial charge in [-0.1, -0.05) is 48.5 Å². The SMILES string of the molecule is COCCCN1C(=O)CS[C@@H]1c1cn(-c2ccccc2)nc1-c1ccccc1. The molecule has 0 bridgehead atoms. The fraction of sp³-hybridized carbons (Fsp3) is 0.273. The number of carbonyl (C=O) groups excluding carboxylic acids is 1. The van der Waals surface area contributed by atoms with Crippen molar-refractivity contribution in [1.82, 2.24) is 14.7 Å². The van der Waals surface area contributed by atoms with Gasteiger partial charge in [0.2, 0.25) is 5.91 Å². The van der Waals surface area contributed by atoms with E-state index in [0.29, 0.717) is 18.9 Å². The van der Waals surface area contributed by atoms with Gasteiger partial charge in [0.15, 0.2) is 0 Å². The van der Waals surface area contributed by atoms with Crippen molar-refractivity contribution in [2.24, 2.45) is 0 Å². The van der Waals surface area contributed by atoms with Crippen LogP contribution in [-0.4, -0.2) is 46.6 Å². The van der Waals surface area contributed by atoms with Gasteiger partial charge in [0, 0.05) is 37.6 Å². The Balaban J connectivity index is 1.74. The van der Waals surface area contributed by atoms with Crippen molar-refractivity contribution in [1.29, 1.82) is 0 Å². The number of rotatable bonds is 7. The van der Waals surface area contributed by atoms with E-state index in [0.717, 1.165) is 28.9 Å². The van der Waals surface area contributed by atoms with E-state index in [1.165, 1.54) is 0 Å². The molecule has 1 aliphatic rings. The highest BCUT2D eigenvalue weighted by Gasteiger charge is 2.35. The van der Waals surface area contributed by atoms with Crippen LogP contribution in [0.25, 0.3) is 16.9 Å². The first kappa shape index (κ1) is 18.8. The smallest absolute Gasteiger partial charge is 0.233 e. The molecule has 1 fully saturated rings. The molecule has 0 radical (unpaired) electrons. The first-order valence-electron chi connectivity index (χ1n) is 9.38. The summed E-state index contributed by atoms with van der Waals surface area (Å²) in [5.41, 5.74) is 4.06. The van der Waals surface area contributed by atoms with Gasteiger partial charge in [-0.05, 0) is 18.6 Å². The minimum atomic E-state index is -0.0305. The van der Waals surface area contributed by atoms with Crippen LogP contribution in [0.4, 0.5) is 0 Å². The molecule has 3 aromatic rings. The zero-order chi connectivity index (χ0) is 19.3. The highest BCUT2D eigenvalue weighted by atomic mass is 32.2. The largest absolute Gasteiger partial charge is 0.385 e. The van der Waals surface area contributed by atoms with Crippen molar-refractivity contribution in [2.75, 3.05) is 26.0 Å². The summed E-state index contributed by atoms with van der Waals surface area (Å²) < 4.78 is 7.08. The van der Waals surface area contributed by atoms with E-state index >= 15 is 0 Å². The quantitative estimate of drug-likeness (QED) is 0.566. The molecular weight excluding hydrogens is 370 g/mol. The third-order valence-electron chi connectivity index (χ3n) is 4.79. The molecule has 144 valence electrons. The number of benzene rings is 2. The lowest BCUT2D eigenvalue weighted by molar-refractivity contribution is -0.128. The molecule has 0 unspecified atom stereocenters. The molecule has 0 spiro atoms. The van der Waals surface area contributed by atoms with E-state index in [1.54, 1.807) is 18.9 Å². The number of aromatic nitrogens is 2. The number of para-hydroxylation sites is 1. The summed E-state index contributed by atoms with van der Waals surface area (Å²) >= 11 is 1.67. The second kappa shape index (κ2) is 8.63. The van der Waals surface area contributed by atoms with Crippen LogP contribution in [-0.2, 0) is 9.53 Å². The lowest BCUT2D eigenvalue weighted by Gasteiger charge is -2.23. The van der Waals surface area contributed by atoms with Crippen LogP contribution in [0.2, 0.25) is 0 Å². The second-order valence-corrected chi connectivity index (χ2v) is 7.74. The van der Waals surface area contributed by atoms with E-state index in [9.17, 15) is 4.79 Å². The highest BCUT2D eigenvalue weighted by molar-refractivity contribution is 8.00. The molecule has 0 aliphatic carbocycles. The maximum Gasteiger partial charge on any atom is 0.233 e. The van der Waals surface area contributed by atoms with Crippen molar-refractivity contribution < 1.29 is 9.53 Å². The molecule has 6 heteroatoms. The van der Waals surface area contributed by atoms with Crippen LogP contribution in [0.1, 0.15) is 17.4 Å². The molecule has 5 nitrogen and oxygen atoms in total. The van der Waals surface area contributed by atoms with Gasteiger partial charge >= 0.3 is 0 Å². The summed E-state index contributed by atoms with van der Waals surface area (Å²) in [6.45, 7) is 1.34. The van der Waals surface area contributed by atoms with Gasteiger partial charge in [0.05, 0.1) is 17.1 Å². The van der Waals surface area contributed by atoms with Gasteiger partial charge < -0.3 is 9.64 Å². The molecule has 4 rings (SSSR count). The molecule has 2 aromatic carbocycles. The van der Waals surface area contributed by atoms with Crippen molar-refractivity contribution in [3.8, 4) is 16.9 Å². The average molecular weight is 394 g/mol. The van der Waals surface area contributed by atoms with E-state index in [-0.39, 0.29) is 11.3 Å². The van der Waals surface area contributed by atoms with Gasteiger partial charge in [-0.3, -0.25) is 4.79 Å². The number of ether oxygens (including phenoxy) is 1. The Bertz CT molecular complexity index is 927. The Morgan fingerprint density at radius 3 is 2.54 bits per heavy atom. The number of thioether (sulfide) groups is 1. The van der Waals surface area contributed by atoms with Crippen LogP contribution in [0.3, 0.4) is 0 Å². The molecule has 1 saturated heterocycles. The van der Waals surface area contributed by atoms with Gasteiger partial charge in [-0.15, -0.1) is 11.8 Å². The average Bonchev–Trinajstić information content (AvgIpc) is 3.34. The van der Waals surface area contributed by atoms with Crippen molar-refractivity contribution in [3.63, 3.8) is 0 Å². The number of methoxy groups -OCH3 is 1. The third-order valence-corrected chi connectivity index (χ3v) is 6.03. The van der Waals surface area contributed by atoms with Crippen molar-refractivity contribution >= 4 is 17.7 Å². The summed E-state index contributed by atoms with van der Waals surface area (Å²) in [5.74, 6) is 0.681. The molecule has 1 atom stereocenters. The van der Waals surface area contributed by atoms with Crippen LogP contribution < -0.4 is 0 Å². The Hall–Kier alpha value is -2.57. The molecule has 0 saturated carbocycles. The Kier molecular flexibility index (Phi) is 5.78. The number of hydrogen-bond donors (Lipinski definition) is 0. The summed E-state index contributed by atoms with van der Waals surface area (Å²) in [5, 5.41) is 4.86. The maximum absolute atomic E-state index is 12.5. The molecular formula is C22H23N3O2S. The first-order chi connectivity index (χ1) is 13.8. The van der Waals surface area contributed by atoms with Crippen LogP contribution in [0.15, 0.2) is 66.9 Å². The van der Waals surface area contributed by atoms with Gasteiger partial charge in [-0.2, -0.15) is 5.10 Å². The lowest BCUT2D eigenvalue weighted by Crippen LogP contribution is -2.30. The summed E-state index contributed by atoms with van der Waals surface area (Å²) in [7, 11) is 1.69. The molecule has 1 amide bonds. The Morgan fingerprint density at radius 1 is 1.11 bits per heavy atom. The van der Waals surface area contributed by atoms with Gasteiger partial charge in [0.1, 0.15) is 5.37 Å². The van der Waals surface area contributed by atoms with Crippen LogP contribution in [0, 0.1) is 0 Å². The molecule has 1 aromatic heterocycles. The topological polar surface area (TPSA) is 47.4 Å². The minimum absolute atomic E-state index is 0.0305. The lowest BCUT2D eigenvalue weighted by atomic mass is 10.1. The predicted molar refractivity (Wildman–Crippen MR) is 112 cm³/mol. The zero-order valence-corrected chi connectivity index (χ0v) is 16.6. The summed E-state index contributed by atoms with van der Waals surface area (Å²) in [4.78, 5) is 14.5. The monoisotopic (exact) mass is 393 g/mol.